The van der Waals surface area contributed by atoms with E-state index in [1.54, 1.807) is 12.1 Å². The molecule has 1 unspecified atom stereocenters. The van der Waals surface area contributed by atoms with Crippen LogP contribution in [0.1, 0.15) is 42.5 Å². The minimum Gasteiger partial charge on any atom is -0.310 e. The summed E-state index contributed by atoms with van der Waals surface area (Å²) < 4.78 is 26.3. The predicted octanol–water partition coefficient (Wildman–Crippen LogP) is 3.53. The highest BCUT2D eigenvalue weighted by atomic mass is 19.3. The molecule has 1 nitrogen and oxygen atoms in total. The number of alkyl halides is 2. The molecular weight excluding hydrogens is 208 g/mol. The van der Waals surface area contributed by atoms with Crippen molar-refractivity contribution in [3.8, 4) is 0 Å². The van der Waals surface area contributed by atoms with Gasteiger partial charge in [0.15, 0.2) is 0 Å². The van der Waals surface area contributed by atoms with Crippen LogP contribution in [0.2, 0.25) is 0 Å². The molecule has 0 radical (unpaired) electrons. The number of aryl methyl sites for hydroxylation is 1. The van der Waals surface area contributed by atoms with Gasteiger partial charge >= 0.3 is 0 Å². The molecule has 16 heavy (non-hydrogen) atoms. The van der Waals surface area contributed by atoms with Gasteiger partial charge in [-0.1, -0.05) is 12.1 Å². The lowest BCUT2D eigenvalue weighted by molar-refractivity contribution is 0.0174. The first-order chi connectivity index (χ1) is 7.48. The molecule has 0 saturated carbocycles. The van der Waals surface area contributed by atoms with Crippen LogP contribution in [0.4, 0.5) is 8.78 Å². The van der Waals surface area contributed by atoms with Crippen LogP contribution >= 0.6 is 0 Å². The van der Waals surface area contributed by atoms with Crippen molar-refractivity contribution < 1.29 is 8.78 Å². The number of benzene rings is 1. The normalized spacial score (nSPS) is 21.4. The zero-order chi connectivity index (χ0) is 11.8. The van der Waals surface area contributed by atoms with Gasteiger partial charge in [0.1, 0.15) is 0 Å². The van der Waals surface area contributed by atoms with Crippen LogP contribution in [0.3, 0.4) is 0 Å². The van der Waals surface area contributed by atoms with Crippen molar-refractivity contribution in [2.75, 3.05) is 6.54 Å². The molecule has 1 atom stereocenters. The van der Waals surface area contributed by atoms with Crippen LogP contribution in [0.5, 0.6) is 0 Å². The maximum Gasteiger partial charge on any atom is 0.270 e. The van der Waals surface area contributed by atoms with Crippen molar-refractivity contribution in [1.82, 2.24) is 5.32 Å². The van der Waals surface area contributed by atoms with Crippen molar-refractivity contribution in [3.63, 3.8) is 0 Å². The summed E-state index contributed by atoms with van der Waals surface area (Å²) in [5, 5.41) is 3.38. The van der Waals surface area contributed by atoms with Crippen molar-refractivity contribution in [1.29, 1.82) is 0 Å². The van der Waals surface area contributed by atoms with Crippen LogP contribution in [0.15, 0.2) is 18.2 Å². The fourth-order valence-corrected chi connectivity index (χ4v) is 2.29. The molecule has 0 amide bonds. The second-order valence-electron chi connectivity index (χ2n) is 4.61. The Labute approximate surface area is 94.9 Å². The van der Waals surface area contributed by atoms with E-state index in [1.807, 2.05) is 13.0 Å². The smallest absolute Gasteiger partial charge is 0.270 e. The van der Waals surface area contributed by atoms with E-state index in [0.29, 0.717) is 6.04 Å². The highest BCUT2D eigenvalue weighted by Crippen LogP contribution is 2.31. The predicted molar refractivity (Wildman–Crippen MR) is 60.7 cm³/mol. The highest BCUT2D eigenvalue weighted by Gasteiger charge is 2.26. The molecule has 0 aromatic heterocycles. The number of hydrogen-bond donors (Lipinski definition) is 1. The second-order valence-corrected chi connectivity index (χ2v) is 4.61. The lowest BCUT2D eigenvalue weighted by Gasteiger charge is -2.17. The van der Waals surface area contributed by atoms with Crippen LogP contribution in [-0.4, -0.2) is 6.54 Å². The van der Waals surface area contributed by atoms with Crippen LogP contribution in [0, 0.1) is 6.92 Å². The fraction of sp³-hybridized carbons (Fsp3) is 0.538. The van der Waals surface area contributed by atoms with E-state index in [2.05, 4.69) is 5.32 Å². The summed E-state index contributed by atoms with van der Waals surface area (Å²) in [6.45, 7) is 3.87. The SMILES string of the molecule is Cc1cc(C(C)(F)F)ccc1C1CCCN1. The summed E-state index contributed by atoms with van der Waals surface area (Å²) in [5.41, 5.74) is 2.22. The van der Waals surface area contributed by atoms with E-state index in [9.17, 15) is 8.78 Å². The Kier molecular flexibility index (Phi) is 2.98. The summed E-state index contributed by atoms with van der Waals surface area (Å²) in [7, 11) is 0. The van der Waals surface area contributed by atoms with Gasteiger partial charge in [0, 0.05) is 18.5 Å². The first-order valence-corrected chi connectivity index (χ1v) is 5.71. The molecule has 1 aromatic rings. The molecule has 1 aliphatic heterocycles. The monoisotopic (exact) mass is 225 g/mol. The molecule has 1 saturated heterocycles. The minimum atomic E-state index is -2.74. The minimum absolute atomic E-state index is 0.103. The lowest BCUT2D eigenvalue weighted by atomic mass is 9.96. The quantitative estimate of drug-likeness (QED) is 0.811. The van der Waals surface area contributed by atoms with Gasteiger partial charge in [0.25, 0.3) is 5.92 Å². The Morgan fingerprint density at radius 1 is 1.38 bits per heavy atom. The Hall–Kier alpha value is -0.960. The van der Waals surface area contributed by atoms with Crippen LogP contribution in [-0.2, 0) is 5.92 Å². The van der Waals surface area contributed by atoms with E-state index in [-0.39, 0.29) is 5.56 Å². The van der Waals surface area contributed by atoms with E-state index in [0.717, 1.165) is 37.4 Å². The molecule has 1 fully saturated rings. The Balaban J connectivity index is 2.29. The largest absolute Gasteiger partial charge is 0.310 e. The zero-order valence-corrected chi connectivity index (χ0v) is 9.69. The summed E-state index contributed by atoms with van der Waals surface area (Å²) in [6, 6.07) is 5.34. The highest BCUT2D eigenvalue weighted by molar-refractivity contribution is 5.35. The summed E-state index contributed by atoms with van der Waals surface area (Å²) in [6.07, 6.45) is 2.26. The average Bonchev–Trinajstić information content (AvgIpc) is 2.69. The fourth-order valence-electron chi connectivity index (χ4n) is 2.29. The summed E-state index contributed by atoms with van der Waals surface area (Å²) >= 11 is 0. The Bertz CT molecular complexity index is 376. The molecule has 1 heterocycles. The van der Waals surface area contributed by atoms with Crippen LogP contribution < -0.4 is 5.32 Å². The Morgan fingerprint density at radius 3 is 2.62 bits per heavy atom. The van der Waals surface area contributed by atoms with Crippen molar-refractivity contribution >= 4 is 0 Å². The third-order valence-corrected chi connectivity index (χ3v) is 3.21. The van der Waals surface area contributed by atoms with Gasteiger partial charge in [-0.2, -0.15) is 0 Å². The van der Waals surface area contributed by atoms with E-state index in [4.69, 9.17) is 0 Å². The average molecular weight is 225 g/mol. The van der Waals surface area contributed by atoms with Crippen LogP contribution in [0.25, 0.3) is 0 Å². The van der Waals surface area contributed by atoms with Gasteiger partial charge in [-0.3, -0.25) is 0 Å². The van der Waals surface area contributed by atoms with Gasteiger partial charge in [-0.05, 0) is 43.5 Å². The zero-order valence-electron chi connectivity index (χ0n) is 9.69. The topological polar surface area (TPSA) is 12.0 Å². The van der Waals surface area contributed by atoms with Gasteiger partial charge in [-0.15, -0.1) is 0 Å². The molecule has 0 bridgehead atoms. The maximum absolute atomic E-state index is 13.1. The molecule has 3 heteroatoms. The Morgan fingerprint density at radius 2 is 2.12 bits per heavy atom. The number of hydrogen-bond acceptors (Lipinski definition) is 1. The summed E-state index contributed by atoms with van der Waals surface area (Å²) in [4.78, 5) is 0. The summed E-state index contributed by atoms with van der Waals surface area (Å²) in [5.74, 6) is -2.74. The first-order valence-electron chi connectivity index (χ1n) is 5.71. The number of rotatable bonds is 2. The molecule has 0 aliphatic carbocycles. The molecular formula is C13H17F2N. The van der Waals surface area contributed by atoms with Gasteiger partial charge in [0.05, 0.1) is 0 Å². The number of nitrogens with one attached hydrogen (secondary N) is 1. The van der Waals surface area contributed by atoms with Gasteiger partial charge in [-0.25, -0.2) is 8.78 Å². The lowest BCUT2D eigenvalue weighted by Crippen LogP contribution is -2.15. The first kappa shape index (κ1) is 11.5. The second kappa shape index (κ2) is 4.13. The standard InChI is InChI=1S/C13H17F2N/c1-9-8-10(13(2,14)15)5-6-11(9)12-4-3-7-16-12/h5-6,8,12,16H,3-4,7H2,1-2H3. The maximum atomic E-state index is 13.1. The van der Waals surface area contributed by atoms with Crippen molar-refractivity contribution in [2.45, 2.75) is 38.7 Å². The molecule has 0 spiro atoms. The third kappa shape index (κ3) is 2.24. The third-order valence-electron chi connectivity index (χ3n) is 3.21. The molecule has 1 aromatic carbocycles. The van der Waals surface area contributed by atoms with E-state index in [1.165, 1.54) is 0 Å². The van der Waals surface area contributed by atoms with Gasteiger partial charge < -0.3 is 5.32 Å². The molecule has 88 valence electrons. The van der Waals surface area contributed by atoms with Gasteiger partial charge in [0.2, 0.25) is 0 Å². The molecule has 1 aliphatic rings. The number of halogens is 2. The van der Waals surface area contributed by atoms with Crippen molar-refractivity contribution in [2.24, 2.45) is 0 Å². The molecule has 1 N–H and O–H groups in total. The van der Waals surface area contributed by atoms with E-state index < -0.39 is 5.92 Å². The molecule has 2 rings (SSSR count). The van der Waals surface area contributed by atoms with Crippen molar-refractivity contribution in [3.05, 3.63) is 34.9 Å². The van der Waals surface area contributed by atoms with E-state index >= 15 is 0 Å².